The van der Waals surface area contributed by atoms with E-state index >= 15 is 4.39 Å². The van der Waals surface area contributed by atoms with Gasteiger partial charge in [-0.25, -0.2) is 4.39 Å². The Bertz CT molecular complexity index is 841. The second-order valence-corrected chi connectivity index (χ2v) is 9.28. The molecule has 2 heterocycles. The van der Waals surface area contributed by atoms with Crippen LogP contribution in [0.1, 0.15) is 43.7 Å². The smallest absolute Gasteiger partial charge is 0.226 e. The number of hydrogen-bond donors (Lipinski definition) is 0. The summed E-state index contributed by atoms with van der Waals surface area (Å²) in [6, 6.07) is 4.24. The predicted molar refractivity (Wildman–Crippen MR) is 97.8 cm³/mol. The Labute approximate surface area is 159 Å². The Morgan fingerprint density at radius 3 is 2.93 bits per heavy atom. The molecule has 27 heavy (non-hydrogen) atoms. The van der Waals surface area contributed by atoms with E-state index < -0.39 is 12.3 Å². The van der Waals surface area contributed by atoms with E-state index in [4.69, 9.17) is 9.47 Å². The molecule has 4 nitrogen and oxygen atoms in total. The molecule has 1 aromatic rings. The normalized spacial score (nSPS) is 43.0. The predicted octanol–water partition coefficient (Wildman–Crippen LogP) is 3.26. The minimum Gasteiger partial charge on any atom is -0.493 e. The van der Waals surface area contributed by atoms with E-state index in [-0.39, 0.29) is 17.4 Å². The molecule has 6 rings (SSSR count). The lowest BCUT2D eigenvalue weighted by molar-refractivity contribution is -0.146. The SMILES string of the molecule is COc1ccc2c3c1O[C@@H]1C(F)CCC4[C@H](C2)N(C(=O)C2CC2C)CC[C@]341. The van der Waals surface area contributed by atoms with E-state index in [1.165, 1.54) is 11.1 Å². The van der Waals surface area contributed by atoms with Crippen LogP contribution in [0.3, 0.4) is 0 Å². The number of alkyl halides is 1. The highest BCUT2D eigenvalue weighted by Gasteiger charge is 2.67. The molecule has 1 amide bonds. The van der Waals surface area contributed by atoms with Gasteiger partial charge in [0, 0.05) is 29.5 Å². The lowest BCUT2D eigenvalue weighted by Gasteiger charge is -2.58. The average Bonchev–Trinajstić information content (AvgIpc) is 3.29. The van der Waals surface area contributed by atoms with Gasteiger partial charge in [-0.1, -0.05) is 13.0 Å². The van der Waals surface area contributed by atoms with Crippen LogP contribution in [0.5, 0.6) is 11.5 Å². The third kappa shape index (κ3) is 1.86. The maximum absolute atomic E-state index is 15.1. The third-order valence-corrected chi connectivity index (χ3v) is 8.16. The van der Waals surface area contributed by atoms with Gasteiger partial charge in [-0.05, 0) is 55.6 Å². The zero-order valence-electron chi connectivity index (χ0n) is 15.9. The fourth-order valence-corrected chi connectivity index (χ4v) is 6.78. The van der Waals surface area contributed by atoms with Gasteiger partial charge in [-0.3, -0.25) is 4.79 Å². The molecule has 2 saturated carbocycles. The fourth-order valence-electron chi connectivity index (χ4n) is 6.78. The van der Waals surface area contributed by atoms with E-state index in [1.54, 1.807) is 7.11 Å². The number of halogens is 1. The van der Waals surface area contributed by atoms with Gasteiger partial charge in [0.2, 0.25) is 5.91 Å². The van der Waals surface area contributed by atoms with Crippen LogP contribution in [-0.4, -0.2) is 42.8 Å². The van der Waals surface area contributed by atoms with Crippen LogP contribution in [0.2, 0.25) is 0 Å². The molecule has 3 fully saturated rings. The second-order valence-electron chi connectivity index (χ2n) is 9.28. The molecule has 0 N–H and O–H groups in total. The van der Waals surface area contributed by atoms with Crippen molar-refractivity contribution >= 4 is 5.91 Å². The molecule has 7 atom stereocenters. The number of likely N-dealkylation sites (tertiary alicyclic amines) is 1. The molecular formula is C22H26FNO3. The number of nitrogens with zero attached hydrogens (tertiary/aromatic N) is 1. The Hall–Kier alpha value is -1.78. The van der Waals surface area contributed by atoms with Crippen molar-refractivity contribution in [2.45, 2.75) is 62.8 Å². The topological polar surface area (TPSA) is 38.8 Å². The van der Waals surface area contributed by atoms with Gasteiger partial charge in [0.15, 0.2) is 11.5 Å². The molecule has 5 aliphatic rings. The molecule has 4 unspecified atom stereocenters. The van der Waals surface area contributed by atoms with Crippen LogP contribution in [-0.2, 0) is 16.6 Å². The maximum Gasteiger partial charge on any atom is 0.226 e. The second kappa shape index (κ2) is 5.18. The maximum atomic E-state index is 15.1. The van der Waals surface area contributed by atoms with Crippen molar-refractivity contribution in [1.82, 2.24) is 4.90 Å². The van der Waals surface area contributed by atoms with Crippen LogP contribution in [0.4, 0.5) is 4.39 Å². The number of carbonyl (C=O) groups is 1. The van der Waals surface area contributed by atoms with Crippen molar-refractivity contribution in [3.05, 3.63) is 23.3 Å². The molecule has 0 aromatic heterocycles. The monoisotopic (exact) mass is 371 g/mol. The summed E-state index contributed by atoms with van der Waals surface area (Å²) in [4.78, 5) is 15.3. The average molecular weight is 371 g/mol. The molecule has 1 saturated heterocycles. The lowest BCUT2D eigenvalue weighted by Crippen LogP contribution is -2.67. The number of benzene rings is 1. The third-order valence-electron chi connectivity index (χ3n) is 8.16. The summed E-state index contributed by atoms with van der Waals surface area (Å²) in [6.07, 6.45) is 2.68. The number of piperidine rings is 1. The summed E-state index contributed by atoms with van der Waals surface area (Å²) in [5, 5.41) is 0. The van der Waals surface area contributed by atoms with Gasteiger partial charge in [0.05, 0.1) is 7.11 Å². The highest BCUT2D eigenvalue weighted by Crippen LogP contribution is 2.64. The van der Waals surface area contributed by atoms with Crippen LogP contribution >= 0.6 is 0 Å². The van der Waals surface area contributed by atoms with E-state index in [9.17, 15) is 4.79 Å². The highest BCUT2D eigenvalue weighted by molar-refractivity contribution is 5.82. The summed E-state index contributed by atoms with van der Waals surface area (Å²) < 4.78 is 26.9. The number of amides is 1. The summed E-state index contributed by atoms with van der Waals surface area (Å²) in [7, 11) is 1.65. The van der Waals surface area contributed by atoms with E-state index in [2.05, 4.69) is 17.9 Å². The van der Waals surface area contributed by atoms with Gasteiger partial charge in [0.25, 0.3) is 0 Å². The molecule has 5 heteroatoms. The van der Waals surface area contributed by atoms with Gasteiger partial charge in [0.1, 0.15) is 12.3 Å². The van der Waals surface area contributed by atoms with Crippen LogP contribution in [0, 0.1) is 17.8 Å². The molecule has 1 spiro atoms. The Kier molecular flexibility index (Phi) is 3.11. The Morgan fingerprint density at radius 1 is 1.37 bits per heavy atom. The first-order chi connectivity index (χ1) is 13.1. The number of carbonyl (C=O) groups excluding carboxylic acids is 1. The van der Waals surface area contributed by atoms with Crippen LogP contribution in [0.25, 0.3) is 0 Å². The summed E-state index contributed by atoms with van der Waals surface area (Å²) >= 11 is 0. The van der Waals surface area contributed by atoms with Crippen molar-refractivity contribution in [2.75, 3.05) is 13.7 Å². The largest absolute Gasteiger partial charge is 0.493 e. The number of rotatable bonds is 2. The minimum atomic E-state index is -0.948. The van der Waals surface area contributed by atoms with Gasteiger partial charge < -0.3 is 14.4 Å². The summed E-state index contributed by atoms with van der Waals surface area (Å²) in [5.74, 6) is 2.83. The van der Waals surface area contributed by atoms with Gasteiger partial charge >= 0.3 is 0 Å². The molecule has 2 bridgehead atoms. The first kappa shape index (κ1) is 16.2. The zero-order chi connectivity index (χ0) is 18.5. The van der Waals surface area contributed by atoms with E-state index in [1.807, 2.05) is 6.07 Å². The number of hydrogen-bond acceptors (Lipinski definition) is 3. The molecular weight excluding hydrogens is 345 g/mol. The van der Waals surface area contributed by atoms with Crippen LogP contribution < -0.4 is 9.47 Å². The van der Waals surface area contributed by atoms with Crippen molar-refractivity contribution < 1.29 is 18.7 Å². The van der Waals surface area contributed by atoms with Crippen molar-refractivity contribution in [3.63, 3.8) is 0 Å². The standard InChI is InChI=1S/C22H26FNO3/c1-11-9-13(11)21(25)24-8-7-22-14-4-5-15(23)20(22)27-19-17(26-2)6-3-12(18(19)22)10-16(14)24/h3,6,11,13-16,20H,4-5,7-10H2,1-2H3/t11?,13?,14?,15?,16-,20+,22+/m0/s1. The number of ether oxygens (including phenoxy) is 2. The fraction of sp³-hybridized carbons (Fsp3) is 0.682. The van der Waals surface area contributed by atoms with Crippen molar-refractivity contribution in [2.24, 2.45) is 17.8 Å². The molecule has 3 aliphatic carbocycles. The molecule has 2 aliphatic heterocycles. The Balaban J connectivity index is 1.49. The van der Waals surface area contributed by atoms with Crippen LogP contribution in [0.15, 0.2) is 12.1 Å². The Morgan fingerprint density at radius 2 is 2.19 bits per heavy atom. The van der Waals surface area contributed by atoms with Crippen molar-refractivity contribution in [3.8, 4) is 11.5 Å². The molecule has 0 radical (unpaired) electrons. The minimum absolute atomic E-state index is 0.185. The summed E-state index contributed by atoms with van der Waals surface area (Å²) in [5.41, 5.74) is 2.14. The number of methoxy groups -OCH3 is 1. The molecule has 144 valence electrons. The van der Waals surface area contributed by atoms with Crippen molar-refractivity contribution in [1.29, 1.82) is 0 Å². The first-order valence-corrected chi connectivity index (χ1v) is 10.4. The van der Waals surface area contributed by atoms with Gasteiger partial charge in [-0.2, -0.15) is 0 Å². The lowest BCUT2D eigenvalue weighted by atomic mass is 9.51. The van der Waals surface area contributed by atoms with E-state index in [0.29, 0.717) is 29.9 Å². The summed E-state index contributed by atoms with van der Waals surface area (Å²) in [6.45, 7) is 2.89. The highest BCUT2D eigenvalue weighted by atomic mass is 19.1. The van der Waals surface area contributed by atoms with E-state index in [0.717, 1.165) is 38.0 Å². The quantitative estimate of drug-likeness (QED) is 0.801. The molecule has 1 aromatic carbocycles. The zero-order valence-corrected chi connectivity index (χ0v) is 15.9. The first-order valence-electron chi connectivity index (χ1n) is 10.4. The van der Waals surface area contributed by atoms with Gasteiger partial charge in [-0.15, -0.1) is 0 Å².